The highest BCUT2D eigenvalue weighted by Crippen LogP contribution is 2.31. The molecule has 0 fully saturated rings. The zero-order valence-electron chi connectivity index (χ0n) is 10.6. The molecule has 3 rings (SSSR count). The lowest BCUT2D eigenvalue weighted by Gasteiger charge is -2.08. The van der Waals surface area contributed by atoms with Gasteiger partial charge in [-0.1, -0.05) is 28.1 Å². The lowest BCUT2D eigenvalue weighted by atomic mass is 10.2. The predicted molar refractivity (Wildman–Crippen MR) is 83.0 cm³/mol. The second-order valence-electron chi connectivity index (χ2n) is 4.41. The largest absolute Gasteiger partial charge is 0.399 e. The summed E-state index contributed by atoms with van der Waals surface area (Å²) in [6.45, 7) is 2.99. The maximum Gasteiger partial charge on any atom is 0.142 e. The highest BCUT2D eigenvalue weighted by atomic mass is 79.9. The Bertz CT molecular complexity index is 746. The van der Waals surface area contributed by atoms with E-state index in [0.29, 0.717) is 0 Å². The van der Waals surface area contributed by atoms with Gasteiger partial charge in [-0.2, -0.15) is 0 Å². The van der Waals surface area contributed by atoms with E-state index in [0.717, 1.165) is 39.1 Å². The fourth-order valence-electron chi connectivity index (χ4n) is 2.32. The fraction of sp³-hybridized carbons (Fsp3) is 0.133. The van der Waals surface area contributed by atoms with Crippen LogP contribution < -0.4 is 5.73 Å². The molecule has 0 atom stereocenters. The summed E-state index contributed by atoms with van der Waals surface area (Å²) < 4.78 is 3.21. The molecule has 0 saturated carbocycles. The van der Waals surface area contributed by atoms with Gasteiger partial charge in [0.15, 0.2) is 0 Å². The monoisotopic (exact) mass is 315 g/mol. The number of nitrogens with two attached hydrogens (primary N) is 1. The Morgan fingerprint density at radius 1 is 1.21 bits per heavy atom. The Hall–Kier alpha value is -1.81. The van der Waals surface area contributed by atoms with E-state index in [4.69, 9.17) is 10.7 Å². The highest BCUT2D eigenvalue weighted by molar-refractivity contribution is 9.10. The summed E-state index contributed by atoms with van der Waals surface area (Å²) in [4.78, 5) is 4.73. The van der Waals surface area contributed by atoms with Crippen molar-refractivity contribution < 1.29 is 0 Å². The summed E-state index contributed by atoms with van der Waals surface area (Å²) in [7, 11) is 0. The quantitative estimate of drug-likeness (QED) is 0.724. The zero-order chi connectivity index (χ0) is 13.4. The molecular formula is C15H14BrN3. The molecule has 2 N–H and O–H groups in total. The number of nitrogens with zero attached hydrogens (tertiary/aromatic N) is 2. The number of halogens is 1. The van der Waals surface area contributed by atoms with E-state index in [-0.39, 0.29) is 0 Å². The number of rotatable bonds is 2. The number of aromatic nitrogens is 2. The molecule has 0 bridgehead atoms. The molecule has 96 valence electrons. The second-order valence-corrected chi connectivity index (χ2v) is 5.26. The van der Waals surface area contributed by atoms with E-state index in [9.17, 15) is 0 Å². The van der Waals surface area contributed by atoms with Gasteiger partial charge in [-0.3, -0.25) is 0 Å². The van der Waals surface area contributed by atoms with Crippen molar-refractivity contribution >= 4 is 32.7 Å². The van der Waals surface area contributed by atoms with Crippen LogP contribution in [0, 0.1) is 0 Å². The van der Waals surface area contributed by atoms with Crippen molar-refractivity contribution in [2.45, 2.75) is 13.5 Å². The number of hydrogen-bond donors (Lipinski definition) is 1. The van der Waals surface area contributed by atoms with Crippen molar-refractivity contribution in [1.82, 2.24) is 9.55 Å². The lowest BCUT2D eigenvalue weighted by molar-refractivity contribution is 0.796. The summed E-state index contributed by atoms with van der Waals surface area (Å²) in [6, 6.07) is 14.0. The minimum Gasteiger partial charge on any atom is -0.399 e. The topological polar surface area (TPSA) is 43.8 Å². The smallest absolute Gasteiger partial charge is 0.142 e. The molecule has 0 aliphatic rings. The molecule has 0 spiro atoms. The van der Waals surface area contributed by atoms with Crippen LogP contribution in [-0.2, 0) is 6.54 Å². The van der Waals surface area contributed by atoms with Gasteiger partial charge in [0, 0.05) is 22.3 Å². The number of anilines is 1. The third-order valence-corrected chi connectivity index (χ3v) is 3.89. The molecule has 1 heterocycles. The van der Waals surface area contributed by atoms with Gasteiger partial charge in [-0.15, -0.1) is 0 Å². The molecule has 0 aliphatic carbocycles. The second kappa shape index (κ2) is 4.70. The molecule has 0 unspecified atom stereocenters. The van der Waals surface area contributed by atoms with Gasteiger partial charge in [-0.05, 0) is 37.3 Å². The summed E-state index contributed by atoms with van der Waals surface area (Å²) in [6.07, 6.45) is 0. The van der Waals surface area contributed by atoms with E-state index in [2.05, 4.69) is 33.5 Å². The standard InChI is InChI=1S/C15H14BrN3/c1-2-19-14-6-4-3-5-13(14)18-15(19)11-9-10(17)7-8-12(11)16/h3-9H,2,17H2,1H3. The molecule has 0 amide bonds. The lowest BCUT2D eigenvalue weighted by Crippen LogP contribution is -1.98. The Labute approximate surface area is 120 Å². The van der Waals surface area contributed by atoms with Crippen molar-refractivity contribution in [1.29, 1.82) is 0 Å². The van der Waals surface area contributed by atoms with Crippen molar-refractivity contribution in [3.63, 3.8) is 0 Å². The molecule has 4 heteroatoms. The highest BCUT2D eigenvalue weighted by Gasteiger charge is 2.13. The van der Waals surface area contributed by atoms with Crippen LogP contribution in [0.25, 0.3) is 22.4 Å². The molecule has 0 aliphatic heterocycles. The molecule has 19 heavy (non-hydrogen) atoms. The first-order chi connectivity index (χ1) is 9.20. The van der Waals surface area contributed by atoms with Crippen molar-refractivity contribution in [3.05, 3.63) is 46.9 Å². The Kier molecular flexibility index (Phi) is 3.03. The van der Waals surface area contributed by atoms with E-state index in [1.165, 1.54) is 0 Å². The van der Waals surface area contributed by atoms with Crippen LogP contribution in [0.2, 0.25) is 0 Å². The van der Waals surface area contributed by atoms with E-state index in [1.54, 1.807) is 0 Å². The molecule has 0 saturated heterocycles. The van der Waals surface area contributed by atoms with Crippen LogP contribution in [-0.4, -0.2) is 9.55 Å². The van der Waals surface area contributed by atoms with E-state index >= 15 is 0 Å². The van der Waals surface area contributed by atoms with Crippen LogP contribution in [0.3, 0.4) is 0 Å². The molecular weight excluding hydrogens is 302 g/mol. The number of hydrogen-bond acceptors (Lipinski definition) is 2. The number of nitrogen functional groups attached to an aromatic ring is 1. The molecule has 3 aromatic rings. The van der Waals surface area contributed by atoms with Gasteiger partial charge in [-0.25, -0.2) is 4.98 Å². The minimum atomic E-state index is 0.743. The summed E-state index contributed by atoms with van der Waals surface area (Å²) in [5, 5.41) is 0. The molecule has 3 nitrogen and oxygen atoms in total. The third kappa shape index (κ3) is 2.02. The number of imidazole rings is 1. The minimum absolute atomic E-state index is 0.743. The zero-order valence-corrected chi connectivity index (χ0v) is 12.2. The first kappa shape index (κ1) is 12.2. The van der Waals surface area contributed by atoms with E-state index < -0.39 is 0 Å². The van der Waals surface area contributed by atoms with Gasteiger partial charge in [0.2, 0.25) is 0 Å². The number of aryl methyl sites for hydroxylation is 1. The fourth-order valence-corrected chi connectivity index (χ4v) is 2.74. The van der Waals surface area contributed by atoms with Gasteiger partial charge in [0.1, 0.15) is 5.82 Å². The van der Waals surface area contributed by atoms with E-state index in [1.807, 2.05) is 36.4 Å². The first-order valence-corrected chi connectivity index (χ1v) is 7.00. The molecule has 1 aromatic heterocycles. The Morgan fingerprint density at radius 2 is 2.00 bits per heavy atom. The maximum absolute atomic E-state index is 5.89. The van der Waals surface area contributed by atoms with Crippen LogP contribution in [0.4, 0.5) is 5.69 Å². The Balaban J connectivity index is 2.33. The molecule has 2 aromatic carbocycles. The average Bonchev–Trinajstić information content (AvgIpc) is 2.79. The number of para-hydroxylation sites is 2. The number of benzene rings is 2. The van der Waals surface area contributed by atoms with Gasteiger partial charge in [0.05, 0.1) is 11.0 Å². The van der Waals surface area contributed by atoms with Crippen molar-refractivity contribution in [2.75, 3.05) is 5.73 Å². The SMILES string of the molecule is CCn1c(-c2cc(N)ccc2Br)nc2ccccc21. The van der Waals surface area contributed by atoms with Gasteiger partial charge >= 0.3 is 0 Å². The van der Waals surface area contributed by atoms with Crippen molar-refractivity contribution in [2.24, 2.45) is 0 Å². The van der Waals surface area contributed by atoms with Gasteiger partial charge in [0.25, 0.3) is 0 Å². The van der Waals surface area contributed by atoms with Crippen LogP contribution in [0.5, 0.6) is 0 Å². The predicted octanol–water partition coefficient (Wildman–Crippen LogP) is 4.07. The Morgan fingerprint density at radius 3 is 2.79 bits per heavy atom. The number of fused-ring (bicyclic) bond motifs is 1. The van der Waals surface area contributed by atoms with Crippen LogP contribution >= 0.6 is 15.9 Å². The summed E-state index contributed by atoms with van der Waals surface area (Å²) >= 11 is 3.58. The summed E-state index contributed by atoms with van der Waals surface area (Å²) in [5.74, 6) is 0.947. The van der Waals surface area contributed by atoms with Crippen molar-refractivity contribution in [3.8, 4) is 11.4 Å². The first-order valence-electron chi connectivity index (χ1n) is 6.21. The summed E-state index contributed by atoms with van der Waals surface area (Å²) in [5.41, 5.74) is 9.82. The van der Waals surface area contributed by atoms with Crippen LogP contribution in [0.15, 0.2) is 46.9 Å². The maximum atomic E-state index is 5.89. The molecule has 0 radical (unpaired) electrons. The third-order valence-electron chi connectivity index (χ3n) is 3.20. The van der Waals surface area contributed by atoms with Gasteiger partial charge < -0.3 is 10.3 Å². The average molecular weight is 316 g/mol. The normalized spacial score (nSPS) is 11.1. The van der Waals surface area contributed by atoms with Crippen LogP contribution in [0.1, 0.15) is 6.92 Å².